The summed E-state index contributed by atoms with van der Waals surface area (Å²) in [4.78, 5) is 23.7. The molecule has 148 valence electrons. The van der Waals surface area contributed by atoms with Crippen LogP contribution in [-0.2, 0) is 14.3 Å². The molecule has 25 heavy (non-hydrogen) atoms. The number of aliphatic hydroxyl groups is 1. The van der Waals surface area contributed by atoms with Crippen molar-refractivity contribution in [3.8, 4) is 0 Å². The third-order valence-electron chi connectivity index (χ3n) is 4.67. The highest BCUT2D eigenvalue weighted by Crippen LogP contribution is 2.30. The molecule has 1 amide bonds. The van der Waals surface area contributed by atoms with Gasteiger partial charge in [0.15, 0.2) is 0 Å². The number of hydrogen-bond acceptors (Lipinski definition) is 4. The SMILES string of the molecule is CNC(=O)CCC[C@H](C)C[C@H](OC(=O)[C@H](C)CCCCO)C(C)(C)C. The Labute approximate surface area is 153 Å². The van der Waals surface area contributed by atoms with E-state index in [1.54, 1.807) is 7.05 Å². The Kier molecular flexibility index (Phi) is 11.7. The van der Waals surface area contributed by atoms with Gasteiger partial charge < -0.3 is 15.2 Å². The number of carbonyl (C=O) groups excluding carboxylic acids is 2. The summed E-state index contributed by atoms with van der Waals surface area (Å²) in [7, 11) is 1.66. The van der Waals surface area contributed by atoms with Crippen molar-refractivity contribution in [1.82, 2.24) is 5.32 Å². The van der Waals surface area contributed by atoms with Gasteiger partial charge >= 0.3 is 5.97 Å². The topological polar surface area (TPSA) is 75.6 Å². The van der Waals surface area contributed by atoms with E-state index in [9.17, 15) is 9.59 Å². The van der Waals surface area contributed by atoms with E-state index in [0.29, 0.717) is 12.3 Å². The van der Waals surface area contributed by atoms with Crippen LogP contribution in [0.15, 0.2) is 0 Å². The van der Waals surface area contributed by atoms with Crippen LogP contribution in [0.5, 0.6) is 0 Å². The second kappa shape index (κ2) is 12.3. The van der Waals surface area contributed by atoms with Crippen LogP contribution in [-0.4, -0.2) is 36.7 Å². The standard InChI is InChI=1S/C20H39NO4/c1-15(10-9-12-18(23)21-6)14-17(20(3,4)5)25-19(24)16(2)11-7-8-13-22/h15-17,22H,7-14H2,1-6H3,(H,21,23)/t15-,16+,17-/m0/s1. The Morgan fingerprint density at radius 1 is 1.08 bits per heavy atom. The average molecular weight is 358 g/mol. The quantitative estimate of drug-likeness (QED) is 0.413. The predicted molar refractivity (Wildman–Crippen MR) is 101 cm³/mol. The Morgan fingerprint density at radius 2 is 1.72 bits per heavy atom. The Balaban J connectivity index is 4.50. The first kappa shape index (κ1) is 23.9. The molecule has 0 heterocycles. The molecule has 0 unspecified atom stereocenters. The predicted octanol–water partition coefficient (Wildman–Crippen LogP) is 3.69. The van der Waals surface area contributed by atoms with Gasteiger partial charge in [-0.25, -0.2) is 0 Å². The van der Waals surface area contributed by atoms with Gasteiger partial charge in [-0.15, -0.1) is 0 Å². The number of nitrogens with one attached hydrogen (secondary N) is 1. The molecule has 0 aliphatic heterocycles. The average Bonchev–Trinajstić information content (AvgIpc) is 2.53. The summed E-state index contributed by atoms with van der Waals surface area (Å²) in [5, 5.41) is 11.5. The molecule has 0 bridgehead atoms. The number of ether oxygens (including phenoxy) is 1. The van der Waals surface area contributed by atoms with Gasteiger partial charge in [0.1, 0.15) is 6.10 Å². The van der Waals surface area contributed by atoms with Gasteiger partial charge in [0.25, 0.3) is 0 Å². The summed E-state index contributed by atoms with van der Waals surface area (Å²) >= 11 is 0. The summed E-state index contributed by atoms with van der Waals surface area (Å²) < 4.78 is 5.85. The van der Waals surface area contributed by atoms with Crippen LogP contribution < -0.4 is 5.32 Å². The smallest absolute Gasteiger partial charge is 0.308 e. The van der Waals surface area contributed by atoms with E-state index in [4.69, 9.17) is 9.84 Å². The van der Waals surface area contributed by atoms with Gasteiger partial charge in [0.2, 0.25) is 5.91 Å². The molecule has 0 fully saturated rings. The third kappa shape index (κ3) is 11.2. The van der Waals surface area contributed by atoms with Gasteiger partial charge in [0, 0.05) is 20.1 Å². The Bertz CT molecular complexity index is 390. The first-order valence-electron chi connectivity index (χ1n) is 9.63. The molecule has 0 saturated carbocycles. The lowest BCUT2D eigenvalue weighted by Crippen LogP contribution is -2.35. The lowest BCUT2D eigenvalue weighted by atomic mass is 9.82. The lowest BCUT2D eigenvalue weighted by Gasteiger charge is -2.33. The fourth-order valence-electron chi connectivity index (χ4n) is 2.73. The van der Waals surface area contributed by atoms with Crippen LogP contribution >= 0.6 is 0 Å². The van der Waals surface area contributed by atoms with E-state index < -0.39 is 0 Å². The minimum Gasteiger partial charge on any atom is -0.462 e. The second-order valence-corrected chi connectivity index (χ2v) is 8.32. The number of unbranched alkanes of at least 4 members (excludes halogenated alkanes) is 1. The zero-order chi connectivity index (χ0) is 19.5. The van der Waals surface area contributed by atoms with Crippen molar-refractivity contribution in [3.05, 3.63) is 0 Å². The summed E-state index contributed by atoms with van der Waals surface area (Å²) in [6.07, 6.45) is 5.33. The van der Waals surface area contributed by atoms with E-state index in [0.717, 1.165) is 38.5 Å². The molecule has 0 rings (SSSR count). The first-order chi connectivity index (χ1) is 11.6. The van der Waals surface area contributed by atoms with Crippen molar-refractivity contribution in [3.63, 3.8) is 0 Å². The molecule has 0 saturated heterocycles. The lowest BCUT2D eigenvalue weighted by molar-refractivity contribution is -0.160. The maximum absolute atomic E-state index is 12.4. The molecular formula is C20H39NO4. The molecular weight excluding hydrogens is 318 g/mol. The summed E-state index contributed by atoms with van der Waals surface area (Å²) in [6, 6.07) is 0. The van der Waals surface area contributed by atoms with E-state index in [-0.39, 0.29) is 35.9 Å². The van der Waals surface area contributed by atoms with Crippen molar-refractivity contribution in [2.24, 2.45) is 17.3 Å². The third-order valence-corrected chi connectivity index (χ3v) is 4.67. The van der Waals surface area contributed by atoms with Gasteiger partial charge in [-0.1, -0.05) is 47.5 Å². The second-order valence-electron chi connectivity index (χ2n) is 8.32. The molecule has 0 aromatic carbocycles. The van der Waals surface area contributed by atoms with E-state index in [2.05, 4.69) is 33.0 Å². The number of carbonyl (C=O) groups is 2. The van der Waals surface area contributed by atoms with Gasteiger partial charge in [0.05, 0.1) is 5.92 Å². The summed E-state index contributed by atoms with van der Waals surface area (Å²) in [5.41, 5.74) is -0.116. The normalized spacial score (nSPS) is 15.3. The highest BCUT2D eigenvalue weighted by atomic mass is 16.5. The largest absolute Gasteiger partial charge is 0.462 e. The monoisotopic (exact) mass is 357 g/mol. The highest BCUT2D eigenvalue weighted by molar-refractivity contribution is 5.75. The molecule has 5 heteroatoms. The maximum Gasteiger partial charge on any atom is 0.308 e. The van der Waals surface area contributed by atoms with Gasteiger partial charge in [-0.3, -0.25) is 9.59 Å². The number of rotatable bonds is 12. The minimum absolute atomic E-state index is 0.0719. The van der Waals surface area contributed by atoms with Crippen LogP contribution in [0.1, 0.15) is 79.6 Å². The maximum atomic E-state index is 12.4. The van der Waals surface area contributed by atoms with E-state index >= 15 is 0 Å². The molecule has 3 atom stereocenters. The number of amides is 1. The number of aliphatic hydroxyl groups excluding tert-OH is 1. The van der Waals surface area contributed by atoms with Gasteiger partial charge in [-0.05, 0) is 37.0 Å². The molecule has 0 aliphatic carbocycles. The van der Waals surface area contributed by atoms with Crippen LogP contribution in [0.4, 0.5) is 0 Å². The molecule has 2 N–H and O–H groups in total. The molecule has 0 spiro atoms. The zero-order valence-electron chi connectivity index (χ0n) is 17.1. The van der Waals surface area contributed by atoms with Crippen molar-refractivity contribution >= 4 is 11.9 Å². The molecule has 0 aliphatic rings. The zero-order valence-corrected chi connectivity index (χ0v) is 17.1. The van der Waals surface area contributed by atoms with E-state index in [1.807, 2.05) is 6.92 Å². The summed E-state index contributed by atoms with van der Waals surface area (Å²) in [5.74, 6) is 0.185. The van der Waals surface area contributed by atoms with Crippen LogP contribution in [0.25, 0.3) is 0 Å². The highest BCUT2D eigenvalue weighted by Gasteiger charge is 2.31. The Morgan fingerprint density at radius 3 is 2.24 bits per heavy atom. The fraction of sp³-hybridized carbons (Fsp3) is 0.900. The summed E-state index contributed by atoms with van der Waals surface area (Å²) in [6.45, 7) is 10.5. The molecule has 0 aromatic rings. The van der Waals surface area contributed by atoms with Crippen molar-refractivity contribution < 1.29 is 19.4 Å². The first-order valence-corrected chi connectivity index (χ1v) is 9.63. The molecule has 5 nitrogen and oxygen atoms in total. The van der Waals surface area contributed by atoms with Gasteiger partial charge in [-0.2, -0.15) is 0 Å². The van der Waals surface area contributed by atoms with Crippen molar-refractivity contribution in [1.29, 1.82) is 0 Å². The van der Waals surface area contributed by atoms with E-state index in [1.165, 1.54) is 0 Å². The van der Waals surface area contributed by atoms with Crippen LogP contribution in [0.2, 0.25) is 0 Å². The minimum atomic E-state index is -0.143. The number of esters is 1. The molecule has 0 radical (unpaired) electrons. The van der Waals surface area contributed by atoms with Crippen LogP contribution in [0, 0.1) is 17.3 Å². The number of hydrogen-bond donors (Lipinski definition) is 2. The van der Waals surface area contributed by atoms with Crippen LogP contribution in [0.3, 0.4) is 0 Å². The Hall–Kier alpha value is -1.10. The van der Waals surface area contributed by atoms with Crippen molar-refractivity contribution in [2.45, 2.75) is 85.7 Å². The fourth-order valence-corrected chi connectivity index (χ4v) is 2.73. The molecule has 0 aromatic heterocycles. The van der Waals surface area contributed by atoms with Crippen molar-refractivity contribution in [2.75, 3.05) is 13.7 Å².